The summed E-state index contributed by atoms with van der Waals surface area (Å²) in [5.74, 6) is 0.438. The topological polar surface area (TPSA) is 45.7 Å². The molecule has 3 saturated heterocycles. The fourth-order valence-electron chi connectivity index (χ4n) is 4.11. The van der Waals surface area contributed by atoms with Crippen LogP contribution in [0.15, 0.2) is 11.6 Å². The molecule has 120 valence electrons. The van der Waals surface area contributed by atoms with E-state index in [4.69, 9.17) is 4.74 Å². The number of thiazole rings is 1. The van der Waals surface area contributed by atoms with Gasteiger partial charge in [0.2, 0.25) is 5.91 Å². The molecule has 6 heteroatoms. The first-order valence-corrected chi connectivity index (χ1v) is 9.22. The average Bonchev–Trinajstić information content (AvgIpc) is 3.27. The van der Waals surface area contributed by atoms with Crippen LogP contribution in [0.4, 0.5) is 0 Å². The third-order valence-corrected chi connectivity index (χ3v) is 5.97. The molecule has 0 aliphatic carbocycles. The third-order valence-electron chi connectivity index (χ3n) is 5.20. The smallest absolute Gasteiger partial charge is 0.227 e. The Balaban J connectivity index is 1.48. The lowest BCUT2D eigenvalue weighted by molar-refractivity contribution is -0.139. The molecule has 3 aliphatic heterocycles. The summed E-state index contributed by atoms with van der Waals surface area (Å²) in [4.78, 5) is 21.7. The van der Waals surface area contributed by atoms with Crippen LogP contribution in [0, 0.1) is 5.92 Å². The van der Waals surface area contributed by atoms with E-state index in [0.717, 1.165) is 63.5 Å². The maximum Gasteiger partial charge on any atom is 0.227 e. The van der Waals surface area contributed by atoms with Crippen molar-refractivity contribution in [1.82, 2.24) is 14.8 Å². The van der Waals surface area contributed by atoms with E-state index >= 15 is 0 Å². The van der Waals surface area contributed by atoms with Crippen molar-refractivity contribution in [3.05, 3.63) is 16.6 Å². The highest BCUT2D eigenvalue weighted by molar-refractivity contribution is 7.09. The molecule has 1 aromatic heterocycles. The van der Waals surface area contributed by atoms with Gasteiger partial charge in [0.1, 0.15) is 5.01 Å². The molecule has 4 heterocycles. The summed E-state index contributed by atoms with van der Waals surface area (Å²) in [6.07, 6.45) is 6.38. The molecule has 3 fully saturated rings. The molecule has 5 nitrogen and oxygen atoms in total. The van der Waals surface area contributed by atoms with E-state index in [9.17, 15) is 4.79 Å². The van der Waals surface area contributed by atoms with Crippen LogP contribution in [-0.4, -0.2) is 59.1 Å². The highest BCUT2D eigenvalue weighted by Gasteiger charge is 2.43. The lowest BCUT2D eigenvalue weighted by Crippen LogP contribution is -2.52. The van der Waals surface area contributed by atoms with Gasteiger partial charge in [-0.05, 0) is 25.7 Å². The highest BCUT2D eigenvalue weighted by atomic mass is 32.1. The van der Waals surface area contributed by atoms with Crippen LogP contribution >= 0.6 is 11.3 Å². The molecule has 0 radical (unpaired) electrons. The summed E-state index contributed by atoms with van der Waals surface area (Å²) in [5.41, 5.74) is 0. The minimum atomic E-state index is 0.0948. The van der Waals surface area contributed by atoms with Gasteiger partial charge in [-0.2, -0.15) is 0 Å². The first kappa shape index (κ1) is 14.6. The summed E-state index contributed by atoms with van der Waals surface area (Å²) in [7, 11) is 0. The van der Waals surface area contributed by atoms with Crippen molar-refractivity contribution in [3.8, 4) is 0 Å². The largest absolute Gasteiger partial charge is 0.377 e. The Morgan fingerprint density at radius 2 is 2.27 bits per heavy atom. The highest BCUT2D eigenvalue weighted by Crippen LogP contribution is 2.33. The molecule has 0 spiro atoms. The van der Waals surface area contributed by atoms with Gasteiger partial charge in [-0.3, -0.25) is 9.69 Å². The van der Waals surface area contributed by atoms with Crippen molar-refractivity contribution < 1.29 is 9.53 Å². The monoisotopic (exact) mass is 321 g/mol. The summed E-state index contributed by atoms with van der Waals surface area (Å²) in [6.45, 7) is 4.42. The van der Waals surface area contributed by atoms with Gasteiger partial charge in [0.05, 0.1) is 18.6 Å². The Bertz CT molecular complexity index is 515. The first-order valence-electron chi connectivity index (χ1n) is 8.34. The summed E-state index contributed by atoms with van der Waals surface area (Å²) in [6, 6.07) is 0.464. The molecule has 3 atom stereocenters. The van der Waals surface area contributed by atoms with E-state index in [1.807, 2.05) is 11.6 Å². The van der Waals surface area contributed by atoms with E-state index in [-0.39, 0.29) is 12.0 Å². The second kappa shape index (κ2) is 6.26. The van der Waals surface area contributed by atoms with E-state index in [1.54, 1.807) is 11.3 Å². The minimum absolute atomic E-state index is 0.0948. The van der Waals surface area contributed by atoms with Gasteiger partial charge < -0.3 is 9.64 Å². The number of fused-ring (bicyclic) bond motifs is 1. The predicted octanol–water partition coefficient (Wildman–Crippen LogP) is 1.74. The second-order valence-electron chi connectivity index (χ2n) is 6.59. The Morgan fingerprint density at radius 3 is 3.05 bits per heavy atom. The normalized spacial score (nSPS) is 32.4. The summed E-state index contributed by atoms with van der Waals surface area (Å²) < 4.78 is 5.92. The molecule has 0 bridgehead atoms. The number of hydrogen-bond donors (Lipinski definition) is 0. The van der Waals surface area contributed by atoms with Gasteiger partial charge in [-0.1, -0.05) is 0 Å². The van der Waals surface area contributed by atoms with Gasteiger partial charge in [0.25, 0.3) is 0 Å². The third kappa shape index (κ3) is 2.79. The van der Waals surface area contributed by atoms with Crippen LogP contribution in [0.1, 0.15) is 30.7 Å². The van der Waals surface area contributed by atoms with Crippen LogP contribution in [0.3, 0.4) is 0 Å². The maximum absolute atomic E-state index is 12.8. The van der Waals surface area contributed by atoms with Crippen molar-refractivity contribution in [2.45, 2.75) is 44.4 Å². The number of carbonyl (C=O) groups is 1. The number of likely N-dealkylation sites (tertiary alicyclic amines) is 2. The zero-order chi connectivity index (χ0) is 14.9. The molecule has 0 unspecified atom stereocenters. The van der Waals surface area contributed by atoms with Crippen LogP contribution in [-0.2, 0) is 16.1 Å². The van der Waals surface area contributed by atoms with E-state index in [2.05, 4.69) is 14.8 Å². The lowest BCUT2D eigenvalue weighted by atomic mass is 9.89. The predicted molar refractivity (Wildman–Crippen MR) is 84.6 cm³/mol. The number of nitrogens with zero attached hydrogens (tertiary/aromatic N) is 3. The summed E-state index contributed by atoms with van der Waals surface area (Å²) in [5, 5.41) is 3.16. The van der Waals surface area contributed by atoms with Gasteiger partial charge in [-0.15, -0.1) is 11.3 Å². The number of amides is 1. The number of ether oxygens (including phenoxy) is 1. The maximum atomic E-state index is 12.8. The minimum Gasteiger partial charge on any atom is -0.377 e. The number of piperidine rings is 1. The zero-order valence-corrected chi connectivity index (χ0v) is 13.6. The Kier molecular flexibility index (Phi) is 4.15. The molecule has 1 aromatic rings. The lowest BCUT2D eigenvalue weighted by Gasteiger charge is -2.40. The number of rotatable bonds is 3. The Morgan fingerprint density at radius 1 is 1.41 bits per heavy atom. The van der Waals surface area contributed by atoms with Crippen molar-refractivity contribution >= 4 is 17.2 Å². The molecule has 22 heavy (non-hydrogen) atoms. The average molecular weight is 321 g/mol. The Hall–Kier alpha value is -0.980. The fourth-order valence-corrected chi connectivity index (χ4v) is 4.76. The van der Waals surface area contributed by atoms with E-state index < -0.39 is 0 Å². The van der Waals surface area contributed by atoms with Crippen molar-refractivity contribution in [3.63, 3.8) is 0 Å². The first-order chi connectivity index (χ1) is 10.8. The number of aromatic nitrogens is 1. The molecule has 0 saturated carbocycles. The van der Waals surface area contributed by atoms with Gasteiger partial charge in [0, 0.05) is 43.9 Å². The van der Waals surface area contributed by atoms with Crippen LogP contribution in [0.2, 0.25) is 0 Å². The van der Waals surface area contributed by atoms with Crippen LogP contribution in [0.25, 0.3) is 0 Å². The van der Waals surface area contributed by atoms with Crippen LogP contribution in [0.5, 0.6) is 0 Å². The Labute approximate surface area is 135 Å². The number of hydrogen-bond acceptors (Lipinski definition) is 5. The molecule has 0 N–H and O–H groups in total. The molecular formula is C16H23N3O2S. The van der Waals surface area contributed by atoms with E-state index in [0.29, 0.717) is 11.9 Å². The molecule has 0 aromatic carbocycles. The van der Waals surface area contributed by atoms with Gasteiger partial charge >= 0.3 is 0 Å². The van der Waals surface area contributed by atoms with Crippen LogP contribution < -0.4 is 0 Å². The standard InChI is InChI=1S/C16H23N3O2S/c20-16(18-5-1-2-6-18)12-9-14-13(3-7-21-14)19(10-12)11-15-17-4-8-22-15/h4,8,12-14H,1-3,5-7,9-11H2/t12-,13+,14+/m0/s1. The molecule has 3 aliphatic rings. The SMILES string of the molecule is O=C([C@H]1C[C@H]2OCC[C@H]2N(Cc2nccs2)C1)N1CCCC1. The zero-order valence-electron chi connectivity index (χ0n) is 12.8. The quantitative estimate of drug-likeness (QED) is 0.851. The van der Waals surface area contributed by atoms with Gasteiger partial charge in [0.15, 0.2) is 0 Å². The summed E-state index contributed by atoms with van der Waals surface area (Å²) >= 11 is 1.70. The van der Waals surface area contributed by atoms with Crippen molar-refractivity contribution in [2.75, 3.05) is 26.2 Å². The molecular weight excluding hydrogens is 298 g/mol. The van der Waals surface area contributed by atoms with Crippen molar-refractivity contribution in [2.24, 2.45) is 5.92 Å². The van der Waals surface area contributed by atoms with Gasteiger partial charge in [-0.25, -0.2) is 4.98 Å². The second-order valence-corrected chi connectivity index (χ2v) is 7.56. The number of carbonyl (C=O) groups excluding carboxylic acids is 1. The molecule has 1 amide bonds. The van der Waals surface area contributed by atoms with E-state index in [1.165, 1.54) is 0 Å². The fraction of sp³-hybridized carbons (Fsp3) is 0.750. The molecule has 4 rings (SSSR count). The van der Waals surface area contributed by atoms with Crippen molar-refractivity contribution in [1.29, 1.82) is 0 Å².